The summed E-state index contributed by atoms with van der Waals surface area (Å²) in [5, 5.41) is 1.68. The second kappa shape index (κ2) is 5.69. The molecule has 0 aliphatic carbocycles. The molecule has 0 fully saturated rings. The van der Waals surface area contributed by atoms with E-state index in [9.17, 15) is 0 Å². The second-order valence-electron chi connectivity index (χ2n) is 6.63. The molecule has 3 nitrogen and oxygen atoms in total. The van der Waals surface area contributed by atoms with Crippen molar-refractivity contribution in [1.29, 1.82) is 0 Å². The van der Waals surface area contributed by atoms with E-state index in [0.29, 0.717) is 11.2 Å². The molecule has 1 aromatic carbocycles. The Hall–Kier alpha value is -2.68. The summed E-state index contributed by atoms with van der Waals surface area (Å²) in [5.74, 6) is -1.82. The molecule has 0 saturated carbocycles. The minimum Gasteiger partial charge on any atom is -0.454 e. The van der Waals surface area contributed by atoms with Gasteiger partial charge in [0.15, 0.2) is 11.8 Å². The Morgan fingerprint density at radius 1 is 1.20 bits per heavy atom. The van der Waals surface area contributed by atoms with Crippen LogP contribution in [0, 0.1) is 13.8 Å². The van der Waals surface area contributed by atoms with Gasteiger partial charge in [-0.1, -0.05) is 19.8 Å². The van der Waals surface area contributed by atoms with Crippen molar-refractivity contribution in [2.45, 2.75) is 33.5 Å². The number of nitrogens with zero attached hydrogens (tertiary/aromatic N) is 2. The van der Waals surface area contributed by atoms with Crippen LogP contribution in [0.4, 0.5) is 0 Å². The molecule has 0 amide bonds. The normalized spacial score (nSPS) is 17.0. The first-order chi connectivity index (χ1) is 13.5. The summed E-state index contributed by atoms with van der Waals surface area (Å²) in [5.41, 5.74) is 5.79. The fourth-order valence-electron chi connectivity index (χ4n) is 3.42. The first-order valence-corrected chi connectivity index (χ1v) is 8.30. The third-order valence-corrected chi connectivity index (χ3v) is 4.65. The molecule has 3 heteroatoms. The lowest BCUT2D eigenvalue weighted by Gasteiger charge is -2.07. The van der Waals surface area contributed by atoms with Crippen LogP contribution >= 0.6 is 0 Å². The van der Waals surface area contributed by atoms with Gasteiger partial charge in [-0.3, -0.25) is 4.98 Å². The van der Waals surface area contributed by atoms with E-state index in [0.717, 1.165) is 33.2 Å². The number of hydrogen-bond acceptors (Lipinski definition) is 2. The fourth-order valence-corrected chi connectivity index (χ4v) is 3.42. The highest BCUT2D eigenvalue weighted by molar-refractivity contribution is 6.12. The van der Waals surface area contributed by atoms with Crippen LogP contribution in [0.15, 0.2) is 47.1 Å². The van der Waals surface area contributed by atoms with E-state index in [-0.39, 0.29) is 5.69 Å². The number of aryl methyl sites for hydroxylation is 3. The summed E-state index contributed by atoms with van der Waals surface area (Å²) < 4.78 is 39.7. The minimum absolute atomic E-state index is 0.202. The van der Waals surface area contributed by atoms with Gasteiger partial charge in [0.1, 0.15) is 12.6 Å². The van der Waals surface area contributed by atoms with Gasteiger partial charge in [0.25, 0.3) is 0 Å². The lowest BCUT2D eigenvalue weighted by molar-refractivity contribution is -0.660. The standard InChI is InChI=1S/C22H23N2O/c1-13(2)17-10-16-20(11-23-17)25-19-9-7-15(4)21(22(16)19)18-8-6-14(3)12-24(18)5/h6-13H,1-5H3/q+1/i1D3,13D. The molecule has 3 heterocycles. The van der Waals surface area contributed by atoms with Gasteiger partial charge in [-0.25, -0.2) is 4.57 Å². The number of hydrogen-bond donors (Lipinski definition) is 0. The Labute approximate surface area is 153 Å². The van der Waals surface area contributed by atoms with Crippen LogP contribution in [0.25, 0.3) is 33.2 Å². The Morgan fingerprint density at radius 2 is 2.04 bits per heavy atom. The van der Waals surface area contributed by atoms with Gasteiger partial charge < -0.3 is 4.42 Å². The van der Waals surface area contributed by atoms with Crippen molar-refractivity contribution in [3.8, 4) is 11.3 Å². The van der Waals surface area contributed by atoms with Crippen molar-refractivity contribution in [3.63, 3.8) is 0 Å². The zero-order chi connectivity index (χ0) is 21.1. The first kappa shape index (κ1) is 11.8. The molecule has 0 radical (unpaired) electrons. The Morgan fingerprint density at radius 3 is 2.80 bits per heavy atom. The first-order valence-electron chi connectivity index (χ1n) is 10.3. The molecule has 0 N–H and O–H groups in total. The molecule has 1 unspecified atom stereocenters. The van der Waals surface area contributed by atoms with Crippen molar-refractivity contribution in [2.75, 3.05) is 0 Å². The molecular formula is C22H23N2O+. The summed E-state index contributed by atoms with van der Waals surface area (Å²) in [7, 11) is 2.01. The van der Waals surface area contributed by atoms with Gasteiger partial charge in [0.05, 0.1) is 11.8 Å². The maximum absolute atomic E-state index is 8.41. The summed E-state index contributed by atoms with van der Waals surface area (Å²) in [6.07, 6.45) is 3.59. The van der Waals surface area contributed by atoms with E-state index < -0.39 is 12.7 Å². The van der Waals surface area contributed by atoms with E-state index in [1.165, 1.54) is 13.1 Å². The monoisotopic (exact) mass is 335 g/mol. The maximum Gasteiger partial charge on any atom is 0.213 e. The second-order valence-corrected chi connectivity index (χ2v) is 6.63. The van der Waals surface area contributed by atoms with Crippen molar-refractivity contribution in [3.05, 3.63) is 59.5 Å². The molecule has 0 spiro atoms. The van der Waals surface area contributed by atoms with Gasteiger partial charge in [0.2, 0.25) is 5.69 Å². The molecule has 4 aromatic rings. The lowest BCUT2D eigenvalue weighted by Crippen LogP contribution is -2.31. The third kappa shape index (κ3) is 2.51. The summed E-state index contributed by atoms with van der Waals surface area (Å²) in [6, 6.07) is 9.78. The number of fused-ring (bicyclic) bond motifs is 3. The topological polar surface area (TPSA) is 29.9 Å². The third-order valence-electron chi connectivity index (χ3n) is 4.65. The van der Waals surface area contributed by atoms with Gasteiger partial charge in [0, 0.05) is 33.6 Å². The molecule has 0 aliphatic heterocycles. The van der Waals surface area contributed by atoms with Crippen molar-refractivity contribution >= 4 is 21.9 Å². The zero-order valence-corrected chi connectivity index (χ0v) is 14.8. The largest absolute Gasteiger partial charge is 0.454 e. The Kier molecular flexibility index (Phi) is 2.69. The van der Waals surface area contributed by atoms with E-state index in [4.69, 9.17) is 9.90 Å². The van der Waals surface area contributed by atoms with Crippen LogP contribution in [-0.4, -0.2) is 4.98 Å². The van der Waals surface area contributed by atoms with E-state index in [2.05, 4.69) is 27.9 Å². The molecule has 4 rings (SSSR count). The van der Waals surface area contributed by atoms with Crippen molar-refractivity contribution in [2.24, 2.45) is 7.05 Å². The van der Waals surface area contributed by atoms with E-state index in [1.54, 1.807) is 6.07 Å². The highest BCUT2D eigenvalue weighted by atomic mass is 16.3. The average molecular weight is 335 g/mol. The van der Waals surface area contributed by atoms with Gasteiger partial charge in [-0.2, -0.15) is 0 Å². The fraction of sp³-hybridized carbons (Fsp3) is 0.273. The summed E-state index contributed by atoms with van der Waals surface area (Å²) >= 11 is 0. The van der Waals surface area contributed by atoms with Crippen LogP contribution in [-0.2, 0) is 7.05 Å². The lowest BCUT2D eigenvalue weighted by atomic mass is 9.97. The quantitative estimate of drug-likeness (QED) is 0.471. The molecule has 126 valence electrons. The van der Waals surface area contributed by atoms with Gasteiger partial charge in [-0.15, -0.1) is 0 Å². The zero-order valence-electron chi connectivity index (χ0n) is 18.8. The SMILES string of the molecule is [2H]C([2H])([2H])C([2H])(C)c1cc2c(cn1)oc1ccc(C)c(-c3ccc(C)c[n+]3C)c12. The number of pyridine rings is 2. The Balaban J connectivity index is 2.08. The van der Waals surface area contributed by atoms with E-state index in [1.807, 2.05) is 33.0 Å². The smallest absolute Gasteiger partial charge is 0.213 e. The highest BCUT2D eigenvalue weighted by Gasteiger charge is 2.21. The van der Waals surface area contributed by atoms with E-state index >= 15 is 0 Å². The number of furan rings is 1. The molecule has 25 heavy (non-hydrogen) atoms. The number of rotatable bonds is 2. The summed E-state index contributed by atoms with van der Waals surface area (Å²) in [4.78, 5) is 4.25. The van der Waals surface area contributed by atoms with Crippen LogP contribution in [0.2, 0.25) is 0 Å². The Bertz CT molecular complexity index is 1260. The number of aromatic nitrogens is 2. The van der Waals surface area contributed by atoms with Gasteiger partial charge >= 0.3 is 0 Å². The van der Waals surface area contributed by atoms with Crippen LogP contribution in [0.5, 0.6) is 0 Å². The van der Waals surface area contributed by atoms with Crippen molar-refractivity contribution in [1.82, 2.24) is 4.98 Å². The van der Waals surface area contributed by atoms with Crippen LogP contribution in [0.3, 0.4) is 0 Å². The van der Waals surface area contributed by atoms with Crippen LogP contribution < -0.4 is 4.57 Å². The predicted molar refractivity (Wildman–Crippen MR) is 102 cm³/mol. The van der Waals surface area contributed by atoms with Crippen LogP contribution in [0.1, 0.15) is 42.0 Å². The molecule has 0 saturated heterocycles. The number of benzene rings is 1. The average Bonchev–Trinajstić information content (AvgIpc) is 2.99. The van der Waals surface area contributed by atoms with Crippen molar-refractivity contribution < 1.29 is 14.5 Å². The minimum atomic E-state index is -2.49. The highest BCUT2D eigenvalue weighted by Crippen LogP contribution is 2.38. The molecule has 1 atom stereocenters. The molecule has 0 bridgehead atoms. The summed E-state index contributed by atoms with van der Waals surface area (Å²) in [6.45, 7) is 2.98. The molecular weight excluding hydrogens is 308 g/mol. The molecule has 3 aromatic heterocycles. The predicted octanol–water partition coefficient (Wildman–Crippen LogP) is 5.21. The molecule has 0 aliphatic rings. The van der Waals surface area contributed by atoms with Gasteiger partial charge in [-0.05, 0) is 43.5 Å². The maximum atomic E-state index is 8.41.